The van der Waals surface area contributed by atoms with E-state index < -0.39 is 10.8 Å². The molecule has 1 aromatic rings. The highest BCUT2D eigenvalue weighted by Crippen LogP contribution is 2.26. The van der Waals surface area contributed by atoms with Crippen molar-refractivity contribution in [1.29, 1.82) is 0 Å². The number of carbonyl (C=O) groups is 1. The van der Waals surface area contributed by atoms with Gasteiger partial charge in [-0.3, -0.25) is 14.9 Å². The first-order valence-corrected chi connectivity index (χ1v) is 6.22. The molecule has 1 amide bonds. The predicted octanol–water partition coefficient (Wildman–Crippen LogP) is 2.34. The second-order valence-corrected chi connectivity index (χ2v) is 4.65. The van der Waals surface area contributed by atoms with E-state index in [1.54, 1.807) is 0 Å². The van der Waals surface area contributed by atoms with Gasteiger partial charge in [0.25, 0.3) is 5.91 Å². The van der Waals surface area contributed by atoms with Crippen LogP contribution in [0, 0.1) is 16.0 Å². The Balaban J connectivity index is 3.01. The van der Waals surface area contributed by atoms with Crippen LogP contribution in [0.2, 0.25) is 0 Å². The lowest BCUT2D eigenvalue weighted by Gasteiger charge is -2.19. The fraction of sp³-hybridized carbons (Fsp3) is 0.462. The Morgan fingerprint density at radius 3 is 2.63 bits per heavy atom. The fourth-order valence-electron chi connectivity index (χ4n) is 1.73. The smallest absolute Gasteiger partial charge is 0.304 e. The molecule has 0 aliphatic carbocycles. The summed E-state index contributed by atoms with van der Waals surface area (Å²) < 4.78 is 0. The maximum absolute atomic E-state index is 12.1. The van der Waals surface area contributed by atoms with Crippen LogP contribution in [-0.2, 0) is 0 Å². The molecule has 0 spiro atoms. The van der Waals surface area contributed by atoms with Gasteiger partial charge in [0.15, 0.2) is 0 Å². The van der Waals surface area contributed by atoms with Crippen LogP contribution in [-0.4, -0.2) is 16.9 Å². The van der Waals surface area contributed by atoms with Gasteiger partial charge in [0.05, 0.1) is 4.92 Å². The molecule has 0 fully saturated rings. The number of rotatable bonds is 5. The summed E-state index contributed by atoms with van der Waals surface area (Å²) in [6.45, 7) is 5.92. The van der Waals surface area contributed by atoms with Crippen molar-refractivity contribution in [3.8, 4) is 0 Å². The van der Waals surface area contributed by atoms with Gasteiger partial charge >= 0.3 is 5.69 Å². The lowest BCUT2D eigenvalue weighted by molar-refractivity contribution is -0.384. The molecular formula is C13H19N3O3. The van der Waals surface area contributed by atoms with Crippen LogP contribution < -0.4 is 11.1 Å². The van der Waals surface area contributed by atoms with Gasteiger partial charge in [-0.2, -0.15) is 0 Å². The van der Waals surface area contributed by atoms with E-state index in [1.165, 1.54) is 18.2 Å². The first kappa shape index (κ1) is 14.9. The van der Waals surface area contributed by atoms with Gasteiger partial charge in [0.1, 0.15) is 11.3 Å². The molecule has 6 nitrogen and oxygen atoms in total. The number of nitro groups is 1. The van der Waals surface area contributed by atoms with Gasteiger partial charge in [0, 0.05) is 6.04 Å². The third kappa shape index (κ3) is 3.43. The van der Waals surface area contributed by atoms with E-state index in [-0.39, 0.29) is 23.0 Å². The highest BCUT2D eigenvalue weighted by molar-refractivity contribution is 6.00. The van der Waals surface area contributed by atoms with Crippen LogP contribution >= 0.6 is 0 Å². The van der Waals surface area contributed by atoms with Crippen LogP contribution in [0.15, 0.2) is 18.2 Å². The summed E-state index contributed by atoms with van der Waals surface area (Å²) in [6, 6.07) is 4.30. The van der Waals surface area contributed by atoms with Gasteiger partial charge in [0.2, 0.25) is 0 Å². The summed E-state index contributed by atoms with van der Waals surface area (Å²) in [5.41, 5.74) is 5.21. The molecule has 0 radical (unpaired) electrons. The molecule has 2 atom stereocenters. The lowest BCUT2D eigenvalue weighted by atomic mass is 10.0. The molecule has 0 saturated carbocycles. The molecule has 0 aliphatic heterocycles. The van der Waals surface area contributed by atoms with Crippen LogP contribution in [0.3, 0.4) is 0 Å². The monoisotopic (exact) mass is 265 g/mol. The number of nitrogens with two attached hydrogens (primary N) is 1. The number of nitro benzene ring substituents is 1. The van der Waals surface area contributed by atoms with Gasteiger partial charge < -0.3 is 11.1 Å². The molecule has 2 unspecified atom stereocenters. The van der Waals surface area contributed by atoms with Crippen molar-refractivity contribution >= 4 is 17.3 Å². The number of nitrogen functional groups attached to an aromatic ring is 1. The number of benzene rings is 1. The highest BCUT2D eigenvalue weighted by Gasteiger charge is 2.24. The maximum Gasteiger partial charge on any atom is 0.304 e. The molecule has 3 N–H and O–H groups in total. The molecule has 0 bridgehead atoms. The first-order valence-electron chi connectivity index (χ1n) is 6.22. The molecule has 19 heavy (non-hydrogen) atoms. The normalized spacial score (nSPS) is 13.6. The largest absolute Gasteiger partial charge is 0.393 e. The number of hydrogen-bond donors (Lipinski definition) is 2. The van der Waals surface area contributed by atoms with Crippen LogP contribution in [0.1, 0.15) is 37.6 Å². The zero-order chi connectivity index (χ0) is 14.6. The Morgan fingerprint density at radius 2 is 2.11 bits per heavy atom. The summed E-state index contributed by atoms with van der Waals surface area (Å²) in [5.74, 6) is -0.170. The minimum Gasteiger partial charge on any atom is -0.393 e. The molecule has 104 valence electrons. The summed E-state index contributed by atoms with van der Waals surface area (Å²) in [5, 5.41) is 13.7. The second-order valence-electron chi connectivity index (χ2n) is 4.65. The van der Waals surface area contributed by atoms with Crippen molar-refractivity contribution in [2.24, 2.45) is 5.92 Å². The van der Waals surface area contributed by atoms with Crippen molar-refractivity contribution in [2.45, 2.75) is 33.2 Å². The Bertz CT molecular complexity index is 488. The number of carbonyl (C=O) groups excluding carboxylic acids is 1. The average Bonchev–Trinajstić information content (AvgIpc) is 2.36. The van der Waals surface area contributed by atoms with Crippen molar-refractivity contribution in [3.63, 3.8) is 0 Å². The minimum atomic E-state index is -0.627. The van der Waals surface area contributed by atoms with E-state index in [0.29, 0.717) is 5.92 Å². The first-order chi connectivity index (χ1) is 8.88. The van der Waals surface area contributed by atoms with Gasteiger partial charge in [-0.25, -0.2) is 0 Å². The number of para-hydroxylation sites is 1. The maximum atomic E-state index is 12.1. The third-order valence-electron chi connectivity index (χ3n) is 3.35. The van der Waals surface area contributed by atoms with Crippen molar-refractivity contribution in [3.05, 3.63) is 33.9 Å². The zero-order valence-corrected chi connectivity index (χ0v) is 11.3. The van der Waals surface area contributed by atoms with Crippen molar-refractivity contribution in [1.82, 2.24) is 5.32 Å². The summed E-state index contributed by atoms with van der Waals surface area (Å²) in [7, 11) is 0. The van der Waals surface area contributed by atoms with E-state index in [0.717, 1.165) is 6.42 Å². The summed E-state index contributed by atoms with van der Waals surface area (Å²) in [4.78, 5) is 22.4. The minimum absolute atomic E-state index is 0.000142. The number of amides is 1. The Kier molecular flexibility index (Phi) is 4.86. The second kappa shape index (κ2) is 6.17. The molecule has 0 aliphatic rings. The highest BCUT2D eigenvalue weighted by atomic mass is 16.6. The standard InChI is InChI=1S/C13H19N3O3/c1-4-8(2)9(3)15-13(17)10-6-5-7-11(14)12(10)16(18)19/h5-9H,4,14H2,1-3H3,(H,15,17). The molecule has 0 aromatic heterocycles. The van der Waals surface area contributed by atoms with Crippen molar-refractivity contribution < 1.29 is 9.72 Å². The van der Waals surface area contributed by atoms with E-state index >= 15 is 0 Å². The zero-order valence-electron chi connectivity index (χ0n) is 11.3. The fourth-order valence-corrected chi connectivity index (χ4v) is 1.73. The molecule has 1 rings (SSSR count). The molecular weight excluding hydrogens is 246 g/mol. The number of hydrogen-bond acceptors (Lipinski definition) is 4. The molecule has 6 heteroatoms. The summed E-state index contributed by atoms with van der Waals surface area (Å²) >= 11 is 0. The van der Waals surface area contributed by atoms with Gasteiger partial charge in [-0.1, -0.05) is 26.3 Å². The van der Waals surface area contributed by atoms with Crippen molar-refractivity contribution in [2.75, 3.05) is 5.73 Å². The van der Waals surface area contributed by atoms with Crippen LogP contribution in [0.25, 0.3) is 0 Å². The predicted molar refractivity (Wildman–Crippen MR) is 73.9 cm³/mol. The van der Waals surface area contributed by atoms with E-state index in [9.17, 15) is 14.9 Å². The Labute approximate surface area is 112 Å². The Morgan fingerprint density at radius 1 is 1.47 bits per heavy atom. The van der Waals surface area contributed by atoms with Crippen LogP contribution in [0.4, 0.5) is 11.4 Å². The third-order valence-corrected chi connectivity index (χ3v) is 3.35. The lowest BCUT2D eigenvalue weighted by Crippen LogP contribution is -2.37. The van der Waals surface area contributed by atoms with E-state index in [1.807, 2.05) is 20.8 Å². The topological polar surface area (TPSA) is 98.3 Å². The molecule has 0 heterocycles. The number of anilines is 1. The van der Waals surface area contributed by atoms with Crippen LogP contribution in [0.5, 0.6) is 0 Å². The molecule has 0 saturated heterocycles. The quantitative estimate of drug-likeness (QED) is 0.485. The number of nitrogens with zero attached hydrogens (tertiary/aromatic N) is 1. The Hall–Kier alpha value is -2.11. The van der Waals surface area contributed by atoms with E-state index in [2.05, 4.69) is 5.32 Å². The van der Waals surface area contributed by atoms with Gasteiger partial charge in [-0.05, 0) is 25.0 Å². The average molecular weight is 265 g/mol. The SMILES string of the molecule is CCC(C)C(C)NC(=O)c1cccc(N)c1[N+](=O)[O-]. The summed E-state index contributed by atoms with van der Waals surface area (Å²) in [6.07, 6.45) is 0.917. The van der Waals surface area contributed by atoms with E-state index in [4.69, 9.17) is 5.73 Å². The number of nitrogens with one attached hydrogen (secondary N) is 1. The van der Waals surface area contributed by atoms with Gasteiger partial charge in [-0.15, -0.1) is 0 Å². The molecule has 1 aromatic carbocycles.